The molecule has 0 aliphatic carbocycles. The maximum atomic E-state index is 12.2. The molecular formula is C16H20N4O5. The first-order chi connectivity index (χ1) is 11.8. The van der Waals surface area contributed by atoms with Crippen LogP contribution in [0.3, 0.4) is 0 Å². The monoisotopic (exact) mass is 348 g/mol. The number of carbonyl (C=O) groups excluding carboxylic acids is 3. The van der Waals surface area contributed by atoms with Crippen LogP contribution in [0.5, 0.6) is 0 Å². The average molecular weight is 348 g/mol. The lowest BCUT2D eigenvalue weighted by Gasteiger charge is -2.14. The van der Waals surface area contributed by atoms with Crippen molar-refractivity contribution in [2.75, 3.05) is 11.9 Å². The van der Waals surface area contributed by atoms with Crippen molar-refractivity contribution in [2.45, 2.75) is 26.9 Å². The number of hydrogen-bond donors (Lipinski definition) is 2. The predicted molar refractivity (Wildman–Crippen MR) is 87.9 cm³/mol. The van der Waals surface area contributed by atoms with Gasteiger partial charge in [-0.05, 0) is 32.9 Å². The number of nitrogens with zero attached hydrogens (tertiary/aromatic N) is 2. The summed E-state index contributed by atoms with van der Waals surface area (Å²) in [6, 6.07) is 3.03. The van der Waals surface area contributed by atoms with Crippen molar-refractivity contribution < 1.29 is 23.5 Å². The number of anilines is 1. The highest BCUT2D eigenvalue weighted by molar-refractivity contribution is 5.97. The Balaban J connectivity index is 1.84. The molecule has 0 aromatic carbocycles. The third-order valence-electron chi connectivity index (χ3n) is 3.57. The Kier molecular flexibility index (Phi) is 5.58. The summed E-state index contributed by atoms with van der Waals surface area (Å²) in [6.07, 6.45) is 0.328. The minimum Gasteiger partial charge on any atom is -0.459 e. The molecule has 0 saturated carbocycles. The summed E-state index contributed by atoms with van der Waals surface area (Å²) >= 11 is 0. The SMILES string of the molecule is Cc1nn(C)c(C)c1NC(=O)[C@H](C)OC(=O)CNC(=O)c1ccco1. The molecule has 2 amide bonds. The Hall–Kier alpha value is -3.10. The second-order valence-electron chi connectivity index (χ2n) is 5.45. The summed E-state index contributed by atoms with van der Waals surface area (Å²) in [4.78, 5) is 35.6. The van der Waals surface area contributed by atoms with Crippen molar-refractivity contribution in [3.63, 3.8) is 0 Å². The van der Waals surface area contributed by atoms with E-state index < -0.39 is 23.9 Å². The molecule has 0 bridgehead atoms. The minimum atomic E-state index is -1.02. The van der Waals surface area contributed by atoms with E-state index in [4.69, 9.17) is 9.15 Å². The zero-order valence-corrected chi connectivity index (χ0v) is 14.5. The summed E-state index contributed by atoms with van der Waals surface area (Å²) in [5.74, 6) is -1.67. The lowest BCUT2D eigenvalue weighted by atomic mass is 10.3. The van der Waals surface area contributed by atoms with E-state index >= 15 is 0 Å². The van der Waals surface area contributed by atoms with Crippen LogP contribution in [0.4, 0.5) is 5.69 Å². The summed E-state index contributed by atoms with van der Waals surface area (Å²) in [5.41, 5.74) is 2.04. The molecule has 0 saturated heterocycles. The number of rotatable bonds is 6. The van der Waals surface area contributed by atoms with Crippen LogP contribution in [0.25, 0.3) is 0 Å². The molecule has 2 heterocycles. The number of nitrogens with one attached hydrogen (secondary N) is 2. The average Bonchev–Trinajstić information content (AvgIpc) is 3.17. The van der Waals surface area contributed by atoms with Crippen molar-refractivity contribution >= 4 is 23.5 Å². The van der Waals surface area contributed by atoms with Gasteiger partial charge in [0.2, 0.25) is 0 Å². The Bertz CT molecular complexity index is 779. The molecule has 25 heavy (non-hydrogen) atoms. The molecule has 0 unspecified atom stereocenters. The molecule has 9 heteroatoms. The number of furan rings is 1. The molecule has 2 aromatic heterocycles. The second kappa shape index (κ2) is 7.65. The zero-order chi connectivity index (χ0) is 18.6. The molecule has 2 N–H and O–H groups in total. The lowest BCUT2D eigenvalue weighted by Crippen LogP contribution is -2.35. The van der Waals surface area contributed by atoms with Gasteiger partial charge in [0, 0.05) is 7.05 Å². The molecule has 0 aliphatic rings. The van der Waals surface area contributed by atoms with Gasteiger partial charge in [-0.3, -0.25) is 19.1 Å². The number of esters is 1. The Morgan fingerprint density at radius 2 is 2.08 bits per heavy atom. The van der Waals surface area contributed by atoms with Crippen molar-refractivity contribution in [1.29, 1.82) is 0 Å². The second-order valence-corrected chi connectivity index (χ2v) is 5.45. The molecule has 0 radical (unpaired) electrons. The fourth-order valence-electron chi connectivity index (χ4n) is 2.12. The van der Waals surface area contributed by atoms with Gasteiger partial charge >= 0.3 is 5.97 Å². The molecule has 2 rings (SSSR count). The molecule has 134 valence electrons. The first kappa shape index (κ1) is 18.2. The van der Waals surface area contributed by atoms with E-state index in [0.717, 1.165) is 5.69 Å². The highest BCUT2D eigenvalue weighted by atomic mass is 16.5. The highest BCUT2D eigenvalue weighted by Gasteiger charge is 2.21. The molecule has 0 aliphatic heterocycles. The number of amides is 2. The van der Waals surface area contributed by atoms with Crippen molar-refractivity contribution in [3.05, 3.63) is 35.5 Å². The number of carbonyl (C=O) groups is 3. The van der Waals surface area contributed by atoms with Gasteiger partial charge < -0.3 is 19.8 Å². The van der Waals surface area contributed by atoms with E-state index in [9.17, 15) is 14.4 Å². The van der Waals surface area contributed by atoms with Crippen LogP contribution < -0.4 is 10.6 Å². The first-order valence-electron chi connectivity index (χ1n) is 7.61. The van der Waals surface area contributed by atoms with Gasteiger partial charge in [0.1, 0.15) is 6.54 Å². The topological polar surface area (TPSA) is 115 Å². The predicted octanol–water partition coefficient (Wildman–Crippen LogP) is 0.930. The highest BCUT2D eigenvalue weighted by Crippen LogP contribution is 2.18. The van der Waals surface area contributed by atoms with Gasteiger partial charge in [-0.25, -0.2) is 0 Å². The summed E-state index contributed by atoms with van der Waals surface area (Å²) in [7, 11) is 1.77. The van der Waals surface area contributed by atoms with Crippen LogP contribution in [-0.4, -0.2) is 40.2 Å². The number of hydrogen-bond acceptors (Lipinski definition) is 6. The fraction of sp³-hybridized carbons (Fsp3) is 0.375. The number of ether oxygens (including phenoxy) is 1. The Morgan fingerprint density at radius 3 is 2.64 bits per heavy atom. The van der Waals surface area contributed by atoms with E-state index in [2.05, 4.69) is 15.7 Å². The summed E-state index contributed by atoms with van der Waals surface area (Å²) in [6.45, 7) is 4.66. The van der Waals surface area contributed by atoms with E-state index in [0.29, 0.717) is 11.4 Å². The van der Waals surface area contributed by atoms with Gasteiger partial charge in [-0.1, -0.05) is 0 Å². The molecular weight excluding hydrogens is 328 g/mol. The maximum absolute atomic E-state index is 12.2. The van der Waals surface area contributed by atoms with Gasteiger partial charge in [0.05, 0.1) is 23.3 Å². The van der Waals surface area contributed by atoms with E-state index in [1.165, 1.54) is 19.3 Å². The molecule has 1 atom stereocenters. The maximum Gasteiger partial charge on any atom is 0.326 e. The third-order valence-corrected chi connectivity index (χ3v) is 3.57. The quantitative estimate of drug-likeness (QED) is 0.750. The molecule has 0 fully saturated rings. The van der Waals surface area contributed by atoms with Crippen LogP contribution in [-0.2, 0) is 21.4 Å². The third kappa shape index (κ3) is 4.46. The number of aromatic nitrogens is 2. The largest absolute Gasteiger partial charge is 0.459 e. The molecule has 9 nitrogen and oxygen atoms in total. The fourth-order valence-corrected chi connectivity index (χ4v) is 2.12. The summed E-state index contributed by atoms with van der Waals surface area (Å²) in [5, 5.41) is 9.23. The lowest BCUT2D eigenvalue weighted by molar-refractivity contribution is -0.152. The van der Waals surface area contributed by atoms with E-state index in [-0.39, 0.29) is 12.3 Å². The smallest absolute Gasteiger partial charge is 0.326 e. The van der Waals surface area contributed by atoms with Crippen LogP contribution in [0.15, 0.2) is 22.8 Å². The number of aryl methyl sites for hydroxylation is 2. The van der Waals surface area contributed by atoms with Crippen LogP contribution in [0.2, 0.25) is 0 Å². The molecule has 0 spiro atoms. The zero-order valence-electron chi connectivity index (χ0n) is 14.5. The minimum absolute atomic E-state index is 0.0844. The van der Waals surface area contributed by atoms with Gasteiger partial charge in [-0.2, -0.15) is 5.10 Å². The van der Waals surface area contributed by atoms with Crippen molar-refractivity contribution in [3.8, 4) is 0 Å². The van der Waals surface area contributed by atoms with Crippen LogP contribution in [0.1, 0.15) is 28.9 Å². The normalized spacial score (nSPS) is 11.7. The van der Waals surface area contributed by atoms with E-state index in [1.807, 2.05) is 6.92 Å². The van der Waals surface area contributed by atoms with Crippen LogP contribution >= 0.6 is 0 Å². The first-order valence-corrected chi connectivity index (χ1v) is 7.61. The van der Waals surface area contributed by atoms with Gasteiger partial charge in [-0.15, -0.1) is 0 Å². The van der Waals surface area contributed by atoms with Gasteiger partial charge in [0.25, 0.3) is 11.8 Å². The Labute approximate surface area is 144 Å². The van der Waals surface area contributed by atoms with Crippen LogP contribution in [0, 0.1) is 13.8 Å². The van der Waals surface area contributed by atoms with Gasteiger partial charge in [0.15, 0.2) is 11.9 Å². The van der Waals surface area contributed by atoms with E-state index in [1.54, 1.807) is 24.7 Å². The standard InChI is InChI=1S/C16H20N4O5/c1-9-14(10(2)20(4)19-9)18-15(22)11(3)25-13(21)8-17-16(23)12-6-5-7-24-12/h5-7,11H,8H2,1-4H3,(H,17,23)(H,18,22)/t11-/m0/s1. The Morgan fingerprint density at radius 1 is 1.36 bits per heavy atom. The summed E-state index contributed by atoms with van der Waals surface area (Å²) < 4.78 is 11.6. The molecule has 2 aromatic rings. The van der Waals surface area contributed by atoms with Crippen molar-refractivity contribution in [1.82, 2.24) is 15.1 Å². The van der Waals surface area contributed by atoms with Crippen molar-refractivity contribution in [2.24, 2.45) is 7.05 Å².